The molecule has 5 nitrogen and oxygen atoms in total. The Morgan fingerprint density at radius 1 is 0.714 bits per heavy atom. The molecule has 1 fully saturated rings. The number of aryl methyl sites for hydroxylation is 1. The minimum Gasteiger partial charge on any atom is -0.326 e. The Morgan fingerprint density at radius 3 is 2.00 bits per heavy atom. The lowest BCUT2D eigenvalue weighted by Crippen LogP contribution is -2.20. The number of fused-ring (bicyclic) bond motifs is 1. The van der Waals surface area contributed by atoms with E-state index in [0.29, 0.717) is 23.8 Å². The zero-order chi connectivity index (χ0) is 28.9. The van der Waals surface area contributed by atoms with Gasteiger partial charge in [-0.3, -0.25) is 14.6 Å². The molecule has 5 aromatic rings. The van der Waals surface area contributed by atoms with E-state index >= 15 is 0 Å². The zero-order valence-corrected chi connectivity index (χ0v) is 23.8. The van der Waals surface area contributed by atoms with Gasteiger partial charge in [-0.1, -0.05) is 72.8 Å². The number of anilines is 2. The largest absolute Gasteiger partial charge is 0.326 e. The lowest BCUT2D eigenvalue weighted by Gasteiger charge is -2.28. The van der Waals surface area contributed by atoms with Crippen LogP contribution in [0, 0.1) is 12.8 Å². The zero-order valence-electron chi connectivity index (χ0n) is 23.8. The fourth-order valence-electron chi connectivity index (χ4n) is 6.09. The molecule has 1 saturated carbocycles. The first kappa shape index (κ1) is 27.4. The van der Waals surface area contributed by atoms with Crippen molar-refractivity contribution in [3.05, 3.63) is 126 Å². The fraction of sp³-hybridized carbons (Fsp3) is 0.216. The first-order chi connectivity index (χ1) is 20.5. The number of benzene rings is 4. The van der Waals surface area contributed by atoms with Crippen molar-refractivity contribution in [2.24, 2.45) is 5.92 Å². The van der Waals surface area contributed by atoms with Crippen LogP contribution in [0.4, 0.5) is 11.4 Å². The highest BCUT2D eigenvalue weighted by atomic mass is 16.2. The van der Waals surface area contributed by atoms with Crippen LogP contribution in [0.25, 0.3) is 22.0 Å². The monoisotopic (exact) mass is 553 g/mol. The summed E-state index contributed by atoms with van der Waals surface area (Å²) in [7, 11) is 0. The third kappa shape index (κ3) is 6.41. The molecule has 5 heteroatoms. The molecule has 0 radical (unpaired) electrons. The van der Waals surface area contributed by atoms with Crippen LogP contribution < -0.4 is 10.6 Å². The highest BCUT2D eigenvalue weighted by molar-refractivity contribution is 6.12. The maximum Gasteiger partial charge on any atom is 0.256 e. The van der Waals surface area contributed by atoms with E-state index in [-0.39, 0.29) is 11.8 Å². The van der Waals surface area contributed by atoms with Crippen LogP contribution in [-0.4, -0.2) is 16.8 Å². The predicted octanol–water partition coefficient (Wildman–Crippen LogP) is 8.77. The molecule has 0 aliphatic heterocycles. The number of nitrogens with one attached hydrogen (secondary N) is 2. The summed E-state index contributed by atoms with van der Waals surface area (Å²) in [6.07, 6.45) is 4.95. The molecular formula is C37H35N3O2. The molecule has 2 amide bonds. The second-order valence-corrected chi connectivity index (χ2v) is 11.3. The van der Waals surface area contributed by atoms with E-state index in [1.54, 1.807) is 0 Å². The summed E-state index contributed by atoms with van der Waals surface area (Å²) in [4.78, 5) is 30.4. The standard InChI is InChI=1S/C37H35N3O2/c1-25-22-34(37(42)40-32-10-6-3-7-11-32)33-21-20-30(24-35(33)38-25)29-18-16-28(17-19-29)27-14-12-26(13-15-27)23-36(41)39-31-8-4-2-5-9-31/h2-11,16-22,24,26-27H,12-15,23H2,1H3,(H,39,41)(H,40,42)/t26-,27-. The van der Waals surface area contributed by atoms with Gasteiger partial charge in [0.1, 0.15) is 0 Å². The van der Waals surface area contributed by atoms with E-state index in [2.05, 4.69) is 47.0 Å². The average molecular weight is 554 g/mol. The number of rotatable bonds is 7. The van der Waals surface area contributed by atoms with Gasteiger partial charge in [-0.15, -0.1) is 0 Å². The van der Waals surface area contributed by atoms with Gasteiger partial charge >= 0.3 is 0 Å². The van der Waals surface area contributed by atoms with E-state index in [4.69, 9.17) is 4.98 Å². The summed E-state index contributed by atoms with van der Waals surface area (Å²) in [5.41, 5.74) is 7.44. The van der Waals surface area contributed by atoms with Crippen molar-refractivity contribution >= 4 is 34.1 Å². The van der Waals surface area contributed by atoms with E-state index in [9.17, 15) is 9.59 Å². The molecule has 210 valence electrons. The van der Waals surface area contributed by atoms with E-state index in [1.807, 2.05) is 79.7 Å². The van der Waals surface area contributed by atoms with Crippen molar-refractivity contribution in [3.8, 4) is 11.1 Å². The summed E-state index contributed by atoms with van der Waals surface area (Å²) in [5.74, 6) is 0.940. The van der Waals surface area contributed by atoms with Gasteiger partial charge in [-0.05, 0) is 97.5 Å². The van der Waals surface area contributed by atoms with Gasteiger partial charge in [0.15, 0.2) is 0 Å². The molecule has 0 saturated heterocycles. The molecule has 4 aromatic carbocycles. The van der Waals surface area contributed by atoms with Crippen molar-refractivity contribution < 1.29 is 9.59 Å². The van der Waals surface area contributed by atoms with Crippen LogP contribution in [-0.2, 0) is 4.79 Å². The lowest BCUT2D eigenvalue weighted by atomic mass is 9.77. The number of para-hydroxylation sites is 2. The van der Waals surface area contributed by atoms with Crippen LogP contribution >= 0.6 is 0 Å². The number of hydrogen-bond donors (Lipinski definition) is 2. The third-order valence-electron chi connectivity index (χ3n) is 8.31. The van der Waals surface area contributed by atoms with Crippen molar-refractivity contribution in [1.82, 2.24) is 4.98 Å². The molecule has 1 heterocycles. The van der Waals surface area contributed by atoms with Crippen LogP contribution in [0.5, 0.6) is 0 Å². The quantitative estimate of drug-likeness (QED) is 0.212. The highest BCUT2D eigenvalue weighted by Gasteiger charge is 2.24. The first-order valence-electron chi connectivity index (χ1n) is 14.7. The van der Waals surface area contributed by atoms with Crippen LogP contribution in [0.2, 0.25) is 0 Å². The summed E-state index contributed by atoms with van der Waals surface area (Å²) in [6.45, 7) is 1.92. The normalized spacial score (nSPS) is 16.6. The van der Waals surface area contributed by atoms with Crippen molar-refractivity contribution in [2.75, 3.05) is 10.6 Å². The predicted molar refractivity (Wildman–Crippen MR) is 171 cm³/mol. The fourth-order valence-corrected chi connectivity index (χ4v) is 6.09. The number of pyridine rings is 1. The maximum atomic E-state index is 13.1. The lowest BCUT2D eigenvalue weighted by molar-refractivity contribution is -0.117. The third-order valence-corrected chi connectivity index (χ3v) is 8.31. The molecule has 6 rings (SSSR count). The Bertz CT molecular complexity index is 1690. The first-order valence-corrected chi connectivity index (χ1v) is 14.7. The second kappa shape index (κ2) is 12.4. The molecule has 1 aliphatic rings. The van der Waals surface area contributed by atoms with Gasteiger partial charge in [-0.2, -0.15) is 0 Å². The Hall–Kier alpha value is -4.77. The number of carbonyl (C=O) groups excluding carboxylic acids is 2. The minimum absolute atomic E-state index is 0.109. The van der Waals surface area contributed by atoms with Crippen molar-refractivity contribution in [1.29, 1.82) is 0 Å². The van der Waals surface area contributed by atoms with E-state index in [1.165, 1.54) is 5.56 Å². The summed E-state index contributed by atoms with van der Waals surface area (Å²) in [5, 5.41) is 6.86. The number of nitrogens with zero attached hydrogens (tertiary/aromatic N) is 1. The smallest absolute Gasteiger partial charge is 0.256 e. The molecule has 42 heavy (non-hydrogen) atoms. The van der Waals surface area contributed by atoms with Crippen LogP contribution in [0.3, 0.4) is 0 Å². The summed E-state index contributed by atoms with van der Waals surface area (Å²) in [6, 6.07) is 36.0. The summed E-state index contributed by atoms with van der Waals surface area (Å²) >= 11 is 0. The molecule has 1 aliphatic carbocycles. The number of carbonyl (C=O) groups is 2. The average Bonchev–Trinajstić information content (AvgIpc) is 3.02. The van der Waals surface area contributed by atoms with Gasteiger partial charge in [-0.25, -0.2) is 0 Å². The number of amides is 2. The maximum absolute atomic E-state index is 13.1. The van der Waals surface area contributed by atoms with Gasteiger partial charge in [0.2, 0.25) is 5.91 Å². The van der Waals surface area contributed by atoms with E-state index < -0.39 is 0 Å². The summed E-state index contributed by atoms with van der Waals surface area (Å²) < 4.78 is 0. The van der Waals surface area contributed by atoms with Gasteiger partial charge in [0, 0.05) is 28.9 Å². The van der Waals surface area contributed by atoms with Crippen molar-refractivity contribution in [3.63, 3.8) is 0 Å². The van der Waals surface area contributed by atoms with Gasteiger partial charge in [0.05, 0.1) is 11.1 Å². The van der Waals surface area contributed by atoms with E-state index in [0.717, 1.165) is 64.8 Å². The topological polar surface area (TPSA) is 71.1 Å². The molecule has 0 atom stereocenters. The number of aromatic nitrogens is 1. The molecular weight excluding hydrogens is 518 g/mol. The van der Waals surface area contributed by atoms with Gasteiger partial charge < -0.3 is 10.6 Å². The van der Waals surface area contributed by atoms with Crippen LogP contribution in [0.1, 0.15) is 59.6 Å². The second-order valence-electron chi connectivity index (χ2n) is 11.3. The van der Waals surface area contributed by atoms with Crippen LogP contribution in [0.15, 0.2) is 109 Å². The Kier molecular flexibility index (Phi) is 8.09. The Balaban J connectivity index is 1.10. The SMILES string of the molecule is Cc1cc(C(=O)Nc2ccccc2)c2ccc(-c3ccc([C@H]4CC[C@H](CC(=O)Nc5ccccc5)CC4)cc3)cc2n1. The number of hydrogen-bond acceptors (Lipinski definition) is 3. The molecule has 1 aromatic heterocycles. The van der Waals surface area contributed by atoms with Gasteiger partial charge in [0.25, 0.3) is 5.91 Å². The molecule has 0 unspecified atom stereocenters. The Labute approximate surface area is 247 Å². The molecule has 0 bridgehead atoms. The molecule has 0 spiro atoms. The minimum atomic E-state index is -0.139. The highest BCUT2D eigenvalue weighted by Crippen LogP contribution is 2.38. The Morgan fingerprint density at radius 2 is 1.33 bits per heavy atom. The van der Waals surface area contributed by atoms with Crippen molar-refractivity contribution in [2.45, 2.75) is 44.9 Å². The molecule has 2 N–H and O–H groups in total.